The first kappa shape index (κ1) is 19.7. The number of halogens is 3. The molecule has 2 aromatic rings. The number of carbonyl (C=O) groups is 1. The highest BCUT2D eigenvalue weighted by Crippen LogP contribution is 2.35. The molecular weight excluding hydrogens is 345 g/mol. The van der Waals surface area contributed by atoms with Gasteiger partial charge >= 0.3 is 6.18 Å². The Morgan fingerprint density at radius 2 is 1.92 bits per heavy atom. The number of nitrogens with zero attached hydrogens (tertiary/aromatic N) is 2. The molecule has 0 aliphatic heterocycles. The minimum absolute atomic E-state index is 0.0923. The van der Waals surface area contributed by atoms with Crippen LogP contribution in [0.3, 0.4) is 0 Å². The summed E-state index contributed by atoms with van der Waals surface area (Å²) in [5.41, 5.74) is -0.282. The highest BCUT2D eigenvalue weighted by molar-refractivity contribution is 5.94. The van der Waals surface area contributed by atoms with Gasteiger partial charge in [0.15, 0.2) is 0 Å². The number of hydrogen-bond acceptors (Lipinski definition) is 4. The lowest BCUT2D eigenvalue weighted by Crippen LogP contribution is -2.27. The maximum Gasteiger partial charge on any atom is 0.418 e. The van der Waals surface area contributed by atoms with Crippen molar-refractivity contribution < 1.29 is 18.0 Å². The minimum Gasteiger partial charge on any atom is -0.354 e. The number of nitrogens with one attached hydrogen (secondary N) is 2. The minimum atomic E-state index is -4.47. The van der Waals surface area contributed by atoms with Crippen LogP contribution in [0, 0.1) is 0 Å². The van der Waals surface area contributed by atoms with E-state index in [-0.39, 0.29) is 17.2 Å². The number of hydrogen-bond donors (Lipinski definition) is 2. The summed E-state index contributed by atoms with van der Waals surface area (Å²) < 4.78 is 39.2. The number of para-hydroxylation sites is 1. The van der Waals surface area contributed by atoms with Crippen molar-refractivity contribution in [1.82, 2.24) is 15.2 Å². The summed E-state index contributed by atoms with van der Waals surface area (Å²) in [6.45, 7) is 1.35. The second-order valence-electron chi connectivity index (χ2n) is 6.04. The molecule has 1 heterocycles. The van der Waals surface area contributed by atoms with Gasteiger partial charge in [0.05, 0.1) is 28.7 Å². The number of aromatic nitrogens is 1. The number of pyridine rings is 1. The third-order valence-corrected chi connectivity index (χ3v) is 3.58. The Bertz CT molecular complexity index is 747. The van der Waals surface area contributed by atoms with Gasteiger partial charge in [-0.3, -0.25) is 9.78 Å². The zero-order chi connectivity index (χ0) is 19.2. The fourth-order valence-electron chi connectivity index (χ4n) is 2.33. The Labute approximate surface area is 150 Å². The van der Waals surface area contributed by atoms with Gasteiger partial charge in [0, 0.05) is 12.7 Å². The molecule has 1 aromatic carbocycles. The first-order valence-corrected chi connectivity index (χ1v) is 8.08. The molecule has 140 valence electrons. The fraction of sp³-hybridized carbons (Fsp3) is 0.333. The summed E-state index contributed by atoms with van der Waals surface area (Å²) in [6, 6.07) is 6.63. The molecule has 0 radical (unpaired) electrons. The maximum absolute atomic E-state index is 13.1. The molecule has 1 aromatic heterocycles. The van der Waals surface area contributed by atoms with Crippen LogP contribution in [0.4, 0.5) is 24.5 Å². The van der Waals surface area contributed by atoms with Gasteiger partial charge in [0.1, 0.15) is 0 Å². The van der Waals surface area contributed by atoms with Crippen molar-refractivity contribution in [3.05, 3.63) is 53.9 Å². The number of benzene rings is 1. The SMILES string of the molecule is CN(C)CCCNC(=O)c1cncc(Nc2ccccc2C(F)(F)F)c1. The summed E-state index contributed by atoms with van der Waals surface area (Å²) >= 11 is 0. The van der Waals surface area contributed by atoms with Gasteiger partial charge in [-0.2, -0.15) is 13.2 Å². The molecule has 0 unspecified atom stereocenters. The van der Waals surface area contributed by atoms with E-state index in [1.807, 2.05) is 19.0 Å². The predicted octanol–water partition coefficient (Wildman–Crippen LogP) is 3.53. The zero-order valence-electron chi connectivity index (χ0n) is 14.6. The zero-order valence-corrected chi connectivity index (χ0v) is 14.6. The van der Waals surface area contributed by atoms with Crippen molar-refractivity contribution in [2.24, 2.45) is 0 Å². The molecular formula is C18H21F3N4O. The van der Waals surface area contributed by atoms with Crippen LogP contribution in [0.5, 0.6) is 0 Å². The van der Waals surface area contributed by atoms with Crippen molar-refractivity contribution in [3.8, 4) is 0 Å². The molecule has 0 fully saturated rings. The van der Waals surface area contributed by atoms with Crippen LogP contribution < -0.4 is 10.6 Å². The number of amides is 1. The monoisotopic (exact) mass is 366 g/mol. The Kier molecular flexibility index (Phi) is 6.57. The smallest absolute Gasteiger partial charge is 0.354 e. The largest absolute Gasteiger partial charge is 0.418 e. The standard InChI is InChI=1S/C18H21F3N4O/c1-25(2)9-5-8-23-17(26)13-10-14(12-22-11-13)24-16-7-4-3-6-15(16)18(19,20)21/h3-4,6-7,10-12,24H,5,8-9H2,1-2H3,(H,23,26). The van der Waals surface area contributed by atoms with Crippen molar-refractivity contribution >= 4 is 17.3 Å². The summed E-state index contributed by atoms with van der Waals surface area (Å²) in [5.74, 6) is -0.316. The molecule has 1 amide bonds. The quantitative estimate of drug-likeness (QED) is 0.736. The molecule has 8 heteroatoms. The lowest BCUT2D eigenvalue weighted by atomic mass is 10.1. The first-order valence-electron chi connectivity index (χ1n) is 8.08. The first-order chi connectivity index (χ1) is 12.3. The Morgan fingerprint density at radius 3 is 2.62 bits per heavy atom. The normalized spacial score (nSPS) is 11.5. The fourth-order valence-corrected chi connectivity index (χ4v) is 2.33. The lowest BCUT2D eigenvalue weighted by molar-refractivity contribution is -0.136. The van der Waals surface area contributed by atoms with Gasteiger partial charge in [-0.05, 0) is 45.3 Å². The number of anilines is 2. The van der Waals surface area contributed by atoms with Gasteiger partial charge in [0.25, 0.3) is 5.91 Å². The van der Waals surface area contributed by atoms with Crippen LogP contribution in [0.25, 0.3) is 0 Å². The van der Waals surface area contributed by atoms with Crippen molar-refractivity contribution in [1.29, 1.82) is 0 Å². The number of rotatable bonds is 7. The van der Waals surface area contributed by atoms with Crippen molar-refractivity contribution in [3.63, 3.8) is 0 Å². The molecule has 0 saturated heterocycles. The van der Waals surface area contributed by atoms with Crippen molar-refractivity contribution in [2.45, 2.75) is 12.6 Å². The van der Waals surface area contributed by atoms with E-state index in [2.05, 4.69) is 15.6 Å². The second kappa shape index (κ2) is 8.66. The third kappa shape index (κ3) is 5.73. The molecule has 0 aliphatic rings. The van der Waals surface area contributed by atoms with Gasteiger partial charge in [-0.15, -0.1) is 0 Å². The highest BCUT2D eigenvalue weighted by atomic mass is 19.4. The highest BCUT2D eigenvalue weighted by Gasteiger charge is 2.33. The van der Waals surface area contributed by atoms with Gasteiger partial charge in [-0.25, -0.2) is 0 Å². The van der Waals surface area contributed by atoms with Crippen LogP contribution >= 0.6 is 0 Å². The van der Waals surface area contributed by atoms with Crippen molar-refractivity contribution in [2.75, 3.05) is 32.5 Å². The van der Waals surface area contributed by atoms with E-state index in [0.717, 1.165) is 19.0 Å². The van der Waals surface area contributed by atoms with E-state index in [1.165, 1.54) is 36.7 Å². The van der Waals surface area contributed by atoms with Crippen LogP contribution in [0.2, 0.25) is 0 Å². The Balaban J connectivity index is 2.07. The maximum atomic E-state index is 13.1. The van der Waals surface area contributed by atoms with E-state index in [1.54, 1.807) is 0 Å². The molecule has 26 heavy (non-hydrogen) atoms. The van der Waals surface area contributed by atoms with E-state index in [0.29, 0.717) is 12.2 Å². The Hall–Kier alpha value is -2.61. The third-order valence-electron chi connectivity index (χ3n) is 3.58. The van der Waals surface area contributed by atoms with Crippen LogP contribution in [0.1, 0.15) is 22.3 Å². The number of alkyl halides is 3. The molecule has 0 atom stereocenters. The van der Waals surface area contributed by atoms with Gasteiger partial charge < -0.3 is 15.5 Å². The summed E-state index contributed by atoms with van der Waals surface area (Å²) in [5, 5.41) is 5.46. The molecule has 5 nitrogen and oxygen atoms in total. The lowest BCUT2D eigenvalue weighted by Gasteiger charge is -2.14. The molecule has 0 aliphatic carbocycles. The average Bonchev–Trinajstić information content (AvgIpc) is 2.58. The average molecular weight is 366 g/mol. The Morgan fingerprint density at radius 1 is 1.19 bits per heavy atom. The van der Waals surface area contributed by atoms with E-state index >= 15 is 0 Å². The molecule has 0 spiro atoms. The molecule has 0 saturated carbocycles. The van der Waals surface area contributed by atoms with Gasteiger partial charge in [-0.1, -0.05) is 12.1 Å². The molecule has 0 bridgehead atoms. The van der Waals surface area contributed by atoms with Crippen LogP contribution in [-0.4, -0.2) is 43.0 Å². The number of carbonyl (C=O) groups excluding carboxylic acids is 1. The summed E-state index contributed by atoms with van der Waals surface area (Å²) in [7, 11) is 3.89. The van der Waals surface area contributed by atoms with Gasteiger partial charge in [0.2, 0.25) is 0 Å². The molecule has 2 rings (SSSR count). The summed E-state index contributed by atoms with van der Waals surface area (Å²) in [6.07, 6.45) is -0.931. The second-order valence-corrected chi connectivity index (χ2v) is 6.04. The van der Waals surface area contributed by atoms with E-state index < -0.39 is 11.7 Å². The molecule has 2 N–H and O–H groups in total. The van der Waals surface area contributed by atoms with Crippen LogP contribution in [0.15, 0.2) is 42.7 Å². The predicted molar refractivity (Wildman–Crippen MR) is 94.5 cm³/mol. The topological polar surface area (TPSA) is 57.3 Å². The van der Waals surface area contributed by atoms with Crippen LogP contribution in [-0.2, 0) is 6.18 Å². The summed E-state index contributed by atoms with van der Waals surface area (Å²) in [4.78, 5) is 18.1. The van der Waals surface area contributed by atoms with E-state index in [9.17, 15) is 18.0 Å². The van der Waals surface area contributed by atoms with E-state index in [4.69, 9.17) is 0 Å².